The fourth-order valence-electron chi connectivity index (χ4n) is 3.72. The Kier molecular flexibility index (Phi) is 5.99. The summed E-state index contributed by atoms with van der Waals surface area (Å²) >= 11 is 0. The van der Waals surface area contributed by atoms with Crippen molar-refractivity contribution in [2.45, 2.75) is 12.6 Å². The molecule has 1 aliphatic rings. The Morgan fingerprint density at radius 2 is 2.03 bits per heavy atom. The summed E-state index contributed by atoms with van der Waals surface area (Å²) in [6.45, 7) is 2.47. The fraction of sp³-hybridized carbons (Fsp3) is 0.304. The molecule has 0 saturated carbocycles. The topological polar surface area (TPSA) is 90.2 Å². The summed E-state index contributed by atoms with van der Waals surface area (Å²) in [6, 6.07) is 11.0. The van der Waals surface area contributed by atoms with Crippen molar-refractivity contribution in [2.75, 3.05) is 31.6 Å². The van der Waals surface area contributed by atoms with Crippen molar-refractivity contribution in [3.05, 3.63) is 55.1 Å². The number of benzene rings is 1. The zero-order valence-corrected chi connectivity index (χ0v) is 18.2. The van der Waals surface area contributed by atoms with Gasteiger partial charge in [0.2, 0.25) is 5.88 Å². The molecule has 4 heterocycles. The smallest absolute Gasteiger partial charge is 0.219 e. The van der Waals surface area contributed by atoms with Crippen LogP contribution in [0.5, 0.6) is 17.4 Å². The minimum atomic E-state index is -0.716. The maximum absolute atomic E-state index is 13.2. The van der Waals surface area contributed by atoms with Crippen LogP contribution in [0.25, 0.3) is 10.9 Å². The van der Waals surface area contributed by atoms with Crippen LogP contribution in [0.2, 0.25) is 0 Å². The first kappa shape index (κ1) is 21.1. The van der Waals surface area contributed by atoms with E-state index in [2.05, 4.69) is 30.3 Å². The minimum Gasteiger partial charge on any atom is -0.491 e. The average Bonchev–Trinajstić information content (AvgIpc) is 3.43. The lowest BCUT2D eigenvalue weighted by molar-refractivity contribution is 0.224. The number of hydrogen-bond donors (Lipinski definition) is 1. The molecule has 1 saturated heterocycles. The van der Waals surface area contributed by atoms with Crippen LogP contribution in [-0.4, -0.2) is 62.0 Å². The second-order valence-corrected chi connectivity index (χ2v) is 7.87. The number of halogens is 1. The Balaban J connectivity index is 1.23. The van der Waals surface area contributed by atoms with Crippen LogP contribution in [0.1, 0.15) is 6.42 Å². The van der Waals surface area contributed by atoms with E-state index >= 15 is 0 Å². The van der Waals surface area contributed by atoms with Crippen LogP contribution in [-0.2, 0) is 7.05 Å². The van der Waals surface area contributed by atoms with Crippen LogP contribution in [0.4, 0.5) is 16.0 Å². The van der Waals surface area contributed by atoms with Gasteiger partial charge in [0.25, 0.3) is 0 Å². The van der Waals surface area contributed by atoms with E-state index in [0.29, 0.717) is 55.1 Å². The fourth-order valence-corrected chi connectivity index (χ4v) is 3.72. The Bertz CT molecular complexity index is 1230. The molecule has 170 valence electrons. The summed E-state index contributed by atoms with van der Waals surface area (Å²) in [5.41, 5.74) is 0.782. The number of hydrogen-bond acceptors (Lipinski definition) is 8. The average molecular weight is 449 g/mol. The van der Waals surface area contributed by atoms with Gasteiger partial charge in [0.05, 0.1) is 11.7 Å². The first-order valence-electron chi connectivity index (χ1n) is 10.8. The van der Waals surface area contributed by atoms with E-state index < -0.39 is 6.17 Å². The molecule has 1 aliphatic heterocycles. The predicted molar refractivity (Wildman–Crippen MR) is 122 cm³/mol. The number of rotatable bonds is 8. The molecule has 5 rings (SSSR count). The Hall–Kier alpha value is -3.79. The number of likely N-dealkylation sites (tertiary alicyclic amines) is 1. The van der Waals surface area contributed by atoms with E-state index in [-0.39, 0.29) is 0 Å². The SMILES string of the molecule is Cn1ccc(Nc2ncnc3ccc(Oc4ccc(OCCN5CC[C@H](F)C5)cn4)cc23)n1. The molecule has 9 nitrogen and oxygen atoms in total. The number of aryl methyl sites for hydroxylation is 1. The molecular weight excluding hydrogens is 425 g/mol. The number of anilines is 2. The number of fused-ring (bicyclic) bond motifs is 1. The summed E-state index contributed by atoms with van der Waals surface area (Å²) in [5, 5.41) is 8.35. The zero-order chi connectivity index (χ0) is 22.6. The van der Waals surface area contributed by atoms with Gasteiger partial charge >= 0.3 is 0 Å². The van der Waals surface area contributed by atoms with E-state index in [0.717, 1.165) is 17.4 Å². The van der Waals surface area contributed by atoms with Gasteiger partial charge in [0, 0.05) is 50.4 Å². The molecule has 1 aromatic carbocycles. The third-order valence-electron chi connectivity index (χ3n) is 5.39. The molecule has 4 aromatic rings. The van der Waals surface area contributed by atoms with E-state index in [1.807, 2.05) is 43.6 Å². The molecule has 10 heteroatoms. The quantitative estimate of drug-likeness (QED) is 0.435. The summed E-state index contributed by atoms with van der Waals surface area (Å²) in [5.74, 6) is 3.02. The largest absolute Gasteiger partial charge is 0.491 e. The van der Waals surface area contributed by atoms with Crippen molar-refractivity contribution in [3.63, 3.8) is 0 Å². The Labute approximate surface area is 190 Å². The highest BCUT2D eigenvalue weighted by Gasteiger charge is 2.21. The van der Waals surface area contributed by atoms with Gasteiger partial charge in [0.1, 0.15) is 36.4 Å². The van der Waals surface area contributed by atoms with Gasteiger partial charge in [-0.1, -0.05) is 0 Å². The van der Waals surface area contributed by atoms with Crippen molar-refractivity contribution in [1.82, 2.24) is 29.6 Å². The highest BCUT2D eigenvalue weighted by Crippen LogP contribution is 2.29. The standard InChI is InChI=1S/C23H24FN7O2/c1-30-8-7-21(29-30)28-23-19-12-17(2-4-20(19)26-15-27-23)33-22-5-3-18(13-25-22)32-11-10-31-9-6-16(24)14-31/h2-5,7-8,12-13,15-16H,6,9-11,14H2,1H3,(H,26,27,28,29)/t16-/m0/s1. The van der Waals surface area contributed by atoms with Gasteiger partial charge in [-0.3, -0.25) is 9.58 Å². The van der Waals surface area contributed by atoms with Gasteiger partial charge in [-0.2, -0.15) is 5.10 Å². The second-order valence-electron chi connectivity index (χ2n) is 7.87. The lowest BCUT2D eigenvalue weighted by Gasteiger charge is -2.15. The first-order valence-corrected chi connectivity index (χ1v) is 10.8. The van der Waals surface area contributed by atoms with Crippen molar-refractivity contribution < 1.29 is 13.9 Å². The van der Waals surface area contributed by atoms with Crippen LogP contribution in [0.15, 0.2) is 55.1 Å². The predicted octanol–water partition coefficient (Wildman–Crippen LogP) is 3.72. The highest BCUT2D eigenvalue weighted by molar-refractivity contribution is 5.91. The lowest BCUT2D eigenvalue weighted by Crippen LogP contribution is -2.26. The first-order chi connectivity index (χ1) is 16.1. The van der Waals surface area contributed by atoms with E-state index in [9.17, 15) is 4.39 Å². The Morgan fingerprint density at radius 3 is 2.79 bits per heavy atom. The van der Waals surface area contributed by atoms with E-state index in [1.54, 1.807) is 16.9 Å². The molecule has 0 aliphatic carbocycles. The van der Waals surface area contributed by atoms with Gasteiger partial charge < -0.3 is 14.8 Å². The van der Waals surface area contributed by atoms with Crippen LogP contribution in [0, 0.1) is 0 Å². The molecule has 1 N–H and O–H groups in total. The third kappa shape index (κ3) is 5.17. The molecule has 1 atom stereocenters. The maximum Gasteiger partial charge on any atom is 0.219 e. The zero-order valence-electron chi connectivity index (χ0n) is 18.2. The molecule has 1 fully saturated rings. The third-order valence-corrected chi connectivity index (χ3v) is 5.39. The normalized spacial score (nSPS) is 16.2. The van der Waals surface area contributed by atoms with E-state index in [1.165, 1.54) is 6.33 Å². The number of aromatic nitrogens is 5. The van der Waals surface area contributed by atoms with E-state index in [4.69, 9.17) is 9.47 Å². The van der Waals surface area contributed by atoms with Crippen LogP contribution < -0.4 is 14.8 Å². The van der Waals surface area contributed by atoms with Crippen molar-refractivity contribution in [3.8, 4) is 17.4 Å². The molecule has 0 bridgehead atoms. The monoisotopic (exact) mass is 449 g/mol. The molecule has 0 amide bonds. The van der Waals surface area contributed by atoms with Gasteiger partial charge in [-0.05, 0) is 30.7 Å². The second kappa shape index (κ2) is 9.37. The maximum atomic E-state index is 13.2. The van der Waals surface area contributed by atoms with Crippen molar-refractivity contribution >= 4 is 22.5 Å². The molecular formula is C23H24FN7O2. The number of alkyl halides is 1. The van der Waals surface area contributed by atoms with Gasteiger partial charge in [-0.15, -0.1) is 0 Å². The summed E-state index contributed by atoms with van der Waals surface area (Å²) < 4.78 is 26.6. The molecule has 0 radical (unpaired) electrons. The Morgan fingerprint density at radius 1 is 1.12 bits per heavy atom. The minimum absolute atomic E-state index is 0.442. The van der Waals surface area contributed by atoms with Gasteiger partial charge in [-0.25, -0.2) is 19.3 Å². The summed E-state index contributed by atoms with van der Waals surface area (Å²) in [6.07, 6.45) is 4.87. The number of ether oxygens (including phenoxy) is 2. The number of pyridine rings is 1. The van der Waals surface area contributed by atoms with Crippen molar-refractivity contribution in [2.24, 2.45) is 7.05 Å². The molecule has 0 unspecified atom stereocenters. The van der Waals surface area contributed by atoms with Gasteiger partial charge in [0.15, 0.2) is 5.82 Å². The lowest BCUT2D eigenvalue weighted by atomic mass is 10.2. The van der Waals surface area contributed by atoms with Crippen LogP contribution >= 0.6 is 0 Å². The van der Waals surface area contributed by atoms with Crippen LogP contribution in [0.3, 0.4) is 0 Å². The highest BCUT2D eigenvalue weighted by atomic mass is 19.1. The molecule has 0 spiro atoms. The summed E-state index contributed by atoms with van der Waals surface area (Å²) in [4.78, 5) is 15.1. The van der Waals surface area contributed by atoms with Crippen molar-refractivity contribution in [1.29, 1.82) is 0 Å². The summed E-state index contributed by atoms with van der Waals surface area (Å²) in [7, 11) is 1.85. The molecule has 33 heavy (non-hydrogen) atoms. The number of nitrogens with one attached hydrogen (secondary N) is 1. The number of nitrogens with zero attached hydrogens (tertiary/aromatic N) is 6. The molecule has 3 aromatic heterocycles.